The molecule has 1 unspecified atom stereocenters. The Kier molecular flexibility index (Phi) is 5.68. The van der Waals surface area contributed by atoms with Gasteiger partial charge in [-0.15, -0.1) is 0 Å². The highest BCUT2D eigenvalue weighted by Crippen LogP contribution is 2.19. The lowest BCUT2D eigenvalue weighted by molar-refractivity contribution is -0.917. The fourth-order valence-corrected chi connectivity index (χ4v) is 3.42. The second-order valence-corrected chi connectivity index (χ2v) is 6.96. The number of nitro groups is 1. The Labute approximate surface area is 152 Å². The molecule has 3 rings (SSSR count). The van der Waals surface area contributed by atoms with Crippen LogP contribution in [0.4, 0.5) is 11.4 Å². The number of rotatable bonds is 6. The first-order valence-electron chi connectivity index (χ1n) is 9.03. The van der Waals surface area contributed by atoms with Crippen molar-refractivity contribution in [3.8, 4) is 0 Å². The van der Waals surface area contributed by atoms with Crippen molar-refractivity contribution in [2.45, 2.75) is 32.5 Å². The number of aromatic nitrogens is 1. The largest absolute Gasteiger partial charge is 0.372 e. The number of pyridine rings is 1. The number of hydrogen-bond acceptors (Lipinski definition) is 4. The molecule has 1 aromatic carbocycles. The summed E-state index contributed by atoms with van der Waals surface area (Å²) in [7, 11) is 1.98. The van der Waals surface area contributed by atoms with Gasteiger partial charge in [-0.25, -0.2) is 0 Å². The van der Waals surface area contributed by atoms with Crippen LogP contribution in [0.25, 0.3) is 0 Å². The van der Waals surface area contributed by atoms with E-state index in [2.05, 4.69) is 29.2 Å². The molecule has 1 saturated heterocycles. The molecule has 2 aromatic rings. The average Bonchev–Trinajstić information content (AvgIpc) is 2.64. The smallest absolute Gasteiger partial charge is 0.285 e. The highest BCUT2D eigenvalue weighted by molar-refractivity contribution is 5.47. The molecule has 7 heteroatoms. The molecule has 26 heavy (non-hydrogen) atoms. The summed E-state index contributed by atoms with van der Waals surface area (Å²) in [6.07, 6.45) is 5.14. The van der Waals surface area contributed by atoms with Crippen LogP contribution in [-0.2, 0) is 13.2 Å². The summed E-state index contributed by atoms with van der Waals surface area (Å²) in [4.78, 5) is 25.8. The van der Waals surface area contributed by atoms with Gasteiger partial charge in [0, 0.05) is 36.5 Å². The monoisotopic (exact) mass is 357 g/mol. The molecular formula is C19H25N4O3+. The number of nitrogens with zero attached hydrogens (tertiary/aromatic N) is 3. The molecule has 1 fully saturated rings. The summed E-state index contributed by atoms with van der Waals surface area (Å²) in [5.41, 5.74) is 2.15. The summed E-state index contributed by atoms with van der Waals surface area (Å²) >= 11 is 0. The SMILES string of the molecule is C[NH+](Cc1ccc(N2CCCCC2)cc1)Cn1cc([N+](=O)[O-])ccc1=O. The first-order valence-corrected chi connectivity index (χ1v) is 9.03. The van der Waals surface area contributed by atoms with Crippen molar-refractivity contribution < 1.29 is 9.82 Å². The van der Waals surface area contributed by atoms with E-state index in [9.17, 15) is 14.9 Å². The minimum atomic E-state index is -0.482. The zero-order valence-electron chi connectivity index (χ0n) is 15.1. The lowest BCUT2D eigenvalue weighted by Gasteiger charge is -2.29. The fraction of sp³-hybridized carbons (Fsp3) is 0.421. The quantitative estimate of drug-likeness (QED) is 0.627. The topological polar surface area (TPSA) is 72.8 Å². The summed E-state index contributed by atoms with van der Waals surface area (Å²) < 4.78 is 1.40. The van der Waals surface area contributed by atoms with Gasteiger partial charge in [0.1, 0.15) is 6.54 Å². The van der Waals surface area contributed by atoms with Crippen molar-refractivity contribution in [3.63, 3.8) is 0 Å². The van der Waals surface area contributed by atoms with Crippen LogP contribution in [0, 0.1) is 10.1 Å². The summed E-state index contributed by atoms with van der Waals surface area (Å²) in [6, 6.07) is 11.1. The van der Waals surface area contributed by atoms with Gasteiger partial charge in [0.2, 0.25) is 0 Å². The van der Waals surface area contributed by atoms with E-state index in [4.69, 9.17) is 0 Å². The molecule has 1 N–H and O–H groups in total. The van der Waals surface area contributed by atoms with Crippen LogP contribution in [0.15, 0.2) is 47.4 Å². The van der Waals surface area contributed by atoms with Crippen LogP contribution in [0.5, 0.6) is 0 Å². The molecule has 0 saturated carbocycles. The molecule has 138 valence electrons. The Bertz CT molecular complexity index is 810. The van der Waals surface area contributed by atoms with E-state index in [1.54, 1.807) is 0 Å². The van der Waals surface area contributed by atoms with Crippen LogP contribution in [0.3, 0.4) is 0 Å². The lowest BCUT2D eigenvalue weighted by Crippen LogP contribution is -3.07. The van der Waals surface area contributed by atoms with E-state index >= 15 is 0 Å². The van der Waals surface area contributed by atoms with Gasteiger partial charge in [-0.3, -0.25) is 19.5 Å². The number of nitrogens with one attached hydrogen (secondary N) is 1. The van der Waals surface area contributed by atoms with Crippen LogP contribution in [0.2, 0.25) is 0 Å². The van der Waals surface area contributed by atoms with Gasteiger partial charge < -0.3 is 9.80 Å². The van der Waals surface area contributed by atoms with E-state index in [-0.39, 0.29) is 11.2 Å². The lowest BCUT2D eigenvalue weighted by atomic mass is 10.1. The normalized spacial score (nSPS) is 15.7. The van der Waals surface area contributed by atoms with Crippen LogP contribution in [-0.4, -0.2) is 29.6 Å². The van der Waals surface area contributed by atoms with Gasteiger partial charge in [-0.05, 0) is 31.4 Å². The van der Waals surface area contributed by atoms with E-state index < -0.39 is 4.92 Å². The first kappa shape index (κ1) is 18.1. The number of hydrogen-bond donors (Lipinski definition) is 1. The maximum Gasteiger partial charge on any atom is 0.285 e. The molecule has 1 aliphatic rings. The Morgan fingerprint density at radius 3 is 2.42 bits per heavy atom. The van der Waals surface area contributed by atoms with Gasteiger partial charge in [-0.2, -0.15) is 0 Å². The number of quaternary nitrogens is 1. The number of benzene rings is 1. The molecule has 0 aliphatic carbocycles. The maximum atomic E-state index is 11.9. The summed E-state index contributed by atoms with van der Waals surface area (Å²) in [5.74, 6) is 0. The van der Waals surface area contributed by atoms with Crippen molar-refractivity contribution in [3.05, 3.63) is 68.6 Å². The zero-order valence-corrected chi connectivity index (χ0v) is 15.1. The van der Waals surface area contributed by atoms with Crippen LogP contribution < -0.4 is 15.4 Å². The summed E-state index contributed by atoms with van der Waals surface area (Å²) in [5, 5.41) is 10.9. The summed E-state index contributed by atoms with van der Waals surface area (Å²) in [6.45, 7) is 3.38. The molecular weight excluding hydrogens is 332 g/mol. The second-order valence-electron chi connectivity index (χ2n) is 6.96. The molecule has 0 radical (unpaired) electrons. The predicted molar refractivity (Wildman–Crippen MR) is 100 cm³/mol. The van der Waals surface area contributed by atoms with Gasteiger partial charge in [0.05, 0.1) is 18.2 Å². The Morgan fingerprint density at radius 2 is 1.77 bits per heavy atom. The van der Waals surface area contributed by atoms with E-state index in [0.29, 0.717) is 6.67 Å². The Balaban J connectivity index is 1.63. The zero-order chi connectivity index (χ0) is 18.5. The van der Waals surface area contributed by atoms with E-state index in [1.807, 2.05) is 7.05 Å². The molecule has 0 bridgehead atoms. The van der Waals surface area contributed by atoms with Gasteiger partial charge in [-0.1, -0.05) is 12.1 Å². The molecule has 7 nitrogen and oxygen atoms in total. The number of anilines is 1. The van der Waals surface area contributed by atoms with Gasteiger partial charge in [0.15, 0.2) is 6.67 Å². The van der Waals surface area contributed by atoms with Crippen LogP contribution in [0.1, 0.15) is 24.8 Å². The number of piperidine rings is 1. The maximum absolute atomic E-state index is 11.9. The minimum absolute atomic E-state index is 0.0664. The van der Waals surface area contributed by atoms with Gasteiger partial charge in [0.25, 0.3) is 11.2 Å². The second kappa shape index (κ2) is 8.14. The molecule has 2 heterocycles. The average molecular weight is 357 g/mol. The molecule has 1 atom stereocenters. The van der Waals surface area contributed by atoms with Crippen LogP contribution >= 0.6 is 0 Å². The highest BCUT2D eigenvalue weighted by Gasteiger charge is 2.13. The molecule has 1 aliphatic heterocycles. The minimum Gasteiger partial charge on any atom is -0.372 e. The van der Waals surface area contributed by atoms with Gasteiger partial charge >= 0.3 is 0 Å². The van der Waals surface area contributed by atoms with Crippen molar-refractivity contribution in [2.24, 2.45) is 0 Å². The van der Waals surface area contributed by atoms with E-state index in [1.165, 1.54) is 53.4 Å². The van der Waals surface area contributed by atoms with Crippen molar-refractivity contribution in [1.29, 1.82) is 0 Å². The van der Waals surface area contributed by atoms with Crippen molar-refractivity contribution in [1.82, 2.24) is 4.57 Å². The third kappa shape index (κ3) is 4.49. The fourth-order valence-electron chi connectivity index (χ4n) is 3.42. The Morgan fingerprint density at radius 1 is 1.08 bits per heavy atom. The standard InChI is InChI=1S/C19H24N4O3/c1-20(15-22-14-18(23(25)26)9-10-19(22)24)13-16-5-7-17(8-6-16)21-11-3-2-4-12-21/h5-10,14H,2-4,11-13,15H2,1H3/p+1. The first-order chi connectivity index (χ1) is 12.5. The third-order valence-corrected chi connectivity index (χ3v) is 4.78. The molecule has 0 amide bonds. The molecule has 0 spiro atoms. The van der Waals surface area contributed by atoms with Crippen molar-refractivity contribution >= 4 is 11.4 Å². The van der Waals surface area contributed by atoms with Crippen molar-refractivity contribution in [2.75, 3.05) is 25.0 Å². The molecule has 1 aromatic heterocycles. The van der Waals surface area contributed by atoms with E-state index in [0.717, 1.165) is 24.5 Å². The highest BCUT2D eigenvalue weighted by atomic mass is 16.6. The Hall–Kier alpha value is -2.67. The predicted octanol–water partition coefficient (Wildman–Crippen LogP) is 1.42. The third-order valence-electron chi connectivity index (χ3n) is 4.78.